The Bertz CT molecular complexity index is 587. The Morgan fingerprint density at radius 3 is 2.67 bits per heavy atom. The summed E-state index contributed by atoms with van der Waals surface area (Å²) in [5.41, 5.74) is -0.0235. The Morgan fingerprint density at radius 2 is 2.06 bits per heavy atom. The standard InChI is InChI=1S/C12H10BrF3N2/c1-2-17-9-5-10(12(15)16)18-11-7(9)3-6(13)4-8(11)14/h3-5,12H,2H2,1H3,(H,17,18). The normalized spacial score (nSPS) is 11.2. The summed E-state index contributed by atoms with van der Waals surface area (Å²) in [5.74, 6) is -0.624. The molecule has 0 bridgehead atoms. The van der Waals surface area contributed by atoms with Crippen molar-refractivity contribution in [2.45, 2.75) is 13.3 Å². The molecule has 1 N–H and O–H groups in total. The van der Waals surface area contributed by atoms with Gasteiger partial charge in [-0.05, 0) is 25.1 Å². The highest BCUT2D eigenvalue weighted by atomic mass is 79.9. The molecule has 0 saturated carbocycles. The van der Waals surface area contributed by atoms with E-state index in [0.717, 1.165) is 0 Å². The number of anilines is 1. The van der Waals surface area contributed by atoms with Crippen LogP contribution in [-0.4, -0.2) is 11.5 Å². The van der Waals surface area contributed by atoms with Crippen LogP contribution in [0.5, 0.6) is 0 Å². The van der Waals surface area contributed by atoms with E-state index in [1.807, 2.05) is 6.92 Å². The first-order chi connectivity index (χ1) is 8.52. The lowest BCUT2D eigenvalue weighted by Crippen LogP contribution is -2.02. The fraction of sp³-hybridized carbons (Fsp3) is 0.250. The number of pyridine rings is 1. The van der Waals surface area contributed by atoms with Crippen molar-refractivity contribution in [3.05, 3.63) is 34.2 Å². The Labute approximate surface area is 110 Å². The van der Waals surface area contributed by atoms with Gasteiger partial charge in [0.2, 0.25) is 0 Å². The number of alkyl halides is 2. The van der Waals surface area contributed by atoms with Gasteiger partial charge in [-0.15, -0.1) is 0 Å². The van der Waals surface area contributed by atoms with Crippen molar-refractivity contribution in [2.75, 3.05) is 11.9 Å². The molecule has 0 aliphatic heterocycles. The molecule has 18 heavy (non-hydrogen) atoms. The maximum Gasteiger partial charge on any atom is 0.280 e. The minimum absolute atomic E-state index is 0.0491. The average molecular weight is 319 g/mol. The van der Waals surface area contributed by atoms with Crippen LogP contribution in [0.3, 0.4) is 0 Å². The summed E-state index contributed by atoms with van der Waals surface area (Å²) < 4.78 is 39.7. The molecule has 1 aromatic carbocycles. The van der Waals surface area contributed by atoms with Crippen LogP contribution in [0.2, 0.25) is 0 Å². The van der Waals surface area contributed by atoms with Gasteiger partial charge in [0.15, 0.2) is 5.82 Å². The van der Waals surface area contributed by atoms with Gasteiger partial charge in [0, 0.05) is 22.1 Å². The lowest BCUT2D eigenvalue weighted by atomic mass is 10.1. The molecule has 96 valence electrons. The zero-order valence-electron chi connectivity index (χ0n) is 9.48. The molecular weight excluding hydrogens is 309 g/mol. The number of hydrogen-bond acceptors (Lipinski definition) is 2. The van der Waals surface area contributed by atoms with E-state index in [1.54, 1.807) is 6.07 Å². The molecule has 1 aromatic heterocycles. The summed E-state index contributed by atoms with van der Waals surface area (Å²) in [6.07, 6.45) is -2.73. The van der Waals surface area contributed by atoms with Gasteiger partial charge in [-0.3, -0.25) is 0 Å². The van der Waals surface area contributed by atoms with Crippen LogP contribution in [0.15, 0.2) is 22.7 Å². The Balaban J connectivity index is 2.76. The van der Waals surface area contributed by atoms with Crippen LogP contribution in [0, 0.1) is 5.82 Å². The predicted molar refractivity (Wildman–Crippen MR) is 68.5 cm³/mol. The van der Waals surface area contributed by atoms with E-state index in [-0.39, 0.29) is 5.52 Å². The first kappa shape index (κ1) is 13.1. The third kappa shape index (κ3) is 2.43. The molecule has 0 spiro atoms. The van der Waals surface area contributed by atoms with Gasteiger partial charge in [0.1, 0.15) is 11.2 Å². The number of rotatable bonds is 3. The highest BCUT2D eigenvalue weighted by Crippen LogP contribution is 2.31. The van der Waals surface area contributed by atoms with Crippen molar-refractivity contribution in [1.29, 1.82) is 0 Å². The molecule has 0 radical (unpaired) electrons. The van der Waals surface area contributed by atoms with Crippen molar-refractivity contribution in [3.63, 3.8) is 0 Å². The van der Waals surface area contributed by atoms with Gasteiger partial charge >= 0.3 is 0 Å². The lowest BCUT2D eigenvalue weighted by molar-refractivity contribution is 0.146. The van der Waals surface area contributed by atoms with Crippen molar-refractivity contribution in [2.24, 2.45) is 0 Å². The number of benzene rings is 1. The fourth-order valence-electron chi connectivity index (χ4n) is 1.72. The zero-order valence-corrected chi connectivity index (χ0v) is 11.1. The van der Waals surface area contributed by atoms with E-state index >= 15 is 0 Å². The van der Waals surface area contributed by atoms with Crippen LogP contribution in [-0.2, 0) is 0 Å². The molecule has 2 nitrogen and oxygen atoms in total. The number of halogens is 4. The third-order valence-corrected chi connectivity index (χ3v) is 2.90. The van der Waals surface area contributed by atoms with Crippen molar-refractivity contribution >= 4 is 32.5 Å². The second kappa shape index (κ2) is 5.14. The number of nitrogens with zero attached hydrogens (tertiary/aromatic N) is 1. The van der Waals surface area contributed by atoms with Crippen molar-refractivity contribution < 1.29 is 13.2 Å². The van der Waals surface area contributed by atoms with Gasteiger partial charge in [-0.2, -0.15) is 0 Å². The predicted octanol–water partition coefficient (Wildman–Crippen LogP) is 4.51. The fourth-order valence-corrected chi connectivity index (χ4v) is 2.15. The van der Waals surface area contributed by atoms with Crippen molar-refractivity contribution in [1.82, 2.24) is 4.98 Å². The van der Waals surface area contributed by atoms with E-state index in [1.165, 1.54) is 12.1 Å². The van der Waals surface area contributed by atoms with Gasteiger partial charge in [0.25, 0.3) is 6.43 Å². The number of nitrogens with one attached hydrogen (secondary N) is 1. The van der Waals surface area contributed by atoms with E-state index in [4.69, 9.17) is 0 Å². The molecule has 0 atom stereocenters. The quantitative estimate of drug-likeness (QED) is 0.900. The van der Waals surface area contributed by atoms with Crippen LogP contribution < -0.4 is 5.32 Å². The Morgan fingerprint density at radius 1 is 1.33 bits per heavy atom. The summed E-state index contributed by atoms with van der Waals surface area (Å²) in [4.78, 5) is 3.67. The van der Waals surface area contributed by atoms with Crippen molar-refractivity contribution in [3.8, 4) is 0 Å². The average Bonchev–Trinajstić information content (AvgIpc) is 2.29. The molecule has 1 heterocycles. The smallest absolute Gasteiger partial charge is 0.280 e. The zero-order chi connectivity index (χ0) is 13.3. The van der Waals surface area contributed by atoms with Crippen LogP contribution in [0.25, 0.3) is 10.9 Å². The van der Waals surface area contributed by atoms with Gasteiger partial charge in [-0.25, -0.2) is 18.2 Å². The van der Waals surface area contributed by atoms with E-state index in [0.29, 0.717) is 22.1 Å². The Kier molecular flexibility index (Phi) is 3.75. The molecule has 2 aromatic rings. The maximum absolute atomic E-state index is 13.7. The molecule has 0 aliphatic carbocycles. The number of hydrogen-bond donors (Lipinski definition) is 1. The molecule has 0 saturated heterocycles. The first-order valence-corrected chi connectivity index (χ1v) is 6.14. The molecule has 0 aliphatic rings. The minimum atomic E-state index is -2.73. The number of aromatic nitrogens is 1. The van der Waals surface area contributed by atoms with Crippen LogP contribution >= 0.6 is 15.9 Å². The van der Waals surface area contributed by atoms with Gasteiger partial charge in [0.05, 0.1) is 0 Å². The second-order valence-corrected chi connectivity index (χ2v) is 4.63. The maximum atomic E-state index is 13.7. The van der Waals surface area contributed by atoms with E-state index in [2.05, 4.69) is 26.2 Å². The van der Waals surface area contributed by atoms with E-state index < -0.39 is 17.9 Å². The van der Waals surface area contributed by atoms with Gasteiger partial charge < -0.3 is 5.32 Å². The monoisotopic (exact) mass is 318 g/mol. The Hall–Kier alpha value is -1.30. The molecule has 6 heteroatoms. The lowest BCUT2D eigenvalue weighted by Gasteiger charge is -2.11. The third-order valence-electron chi connectivity index (χ3n) is 2.44. The van der Waals surface area contributed by atoms with Crippen LogP contribution in [0.4, 0.5) is 18.9 Å². The summed E-state index contributed by atoms with van der Waals surface area (Å²) >= 11 is 3.17. The highest BCUT2D eigenvalue weighted by Gasteiger charge is 2.15. The molecule has 0 amide bonds. The molecule has 0 unspecified atom stereocenters. The highest BCUT2D eigenvalue weighted by molar-refractivity contribution is 9.10. The second-order valence-electron chi connectivity index (χ2n) is 3.71. The summed E-state index contributed by atoms with van der Waals surface area (Å²) in [5, 5.41) is 3.42. The summed E-state index contributed by atoms with van der Waals surface area (Å²) in [6.45, 7) is 2.39. The SMILES string of the molecule is CCNc1cc(C(F)F)nc2c(F)cc(Br)cc12. The largest absolute Gasteiger partial charge is 0.385 e. The number of fused-ring (bicyclic) bond motifs is 1. The summed E-state index contributed by atoms with van der Waals surface area (Å²) in [6, 6.07) is 4.11. The molecule has 0 fully saturated rings. The van der Waals surface area contributed by atoms with E-state index in [9.17, 15) is 13.2 Å². The molecular formula is C12H10BrF3N2. The topological polar surface area (TPSA) is 24.9 Å². The summed E-state index contributed by atoms with van der Waals surface area (Å²) in [7, 11) is 0. The first-order valence-electron chi connectivity index (χ1n) is 5.34. The van der Waals surface area contributed by atoms with Crippen LogP contribution in [0.1, 0.15) is 19.0 Å². The van der Waals surface area contributed by atoms with Gasteiger partial charge in [-0.1, -0.05) is 15.9 Å². The minimum Gasteiger partial charge on any atom is -0.385 e. The molecule has 2 rings (SSSR count).